The Labute approximate surface area is 159 Å². The predicted molar refractivity (Wildman–Crippen MR) is 103 cm³/mol. The smallest absolute Gasteiger partial charge is 0.338 e. The molecule has 0 saturated carbocycles. The lowest BCUT2D eigenvalue weighted by Crippen LogP contribution is -2.32. The molecule has 144 valence electrons. The monoisotopic (exact) mass is 389 g/mol. The minimum absolute atomic E-state index is 0.000249. The maximum absolute atomic E-state index is 13.2. The molecular formula is C20H23NO5S. The first-order chi connectivity index (χ1) is 12.9. The quantitative estimate of drug-likeness (QED) is 0.614. The molecule has 0 spiro atoms. The molecule has 7 heteroatoms. The average Bonchev–Trinajstić information content (AvgIpc) is 2.67. The molecule has 0 aromatic heterocycles. The summed E-state index contributed by atoms with van der Waals surface area (Å²) in [6.07, 6.45) is 1.55. The van der Waals surface area contributed by atoms with E-state index in [4.69, 9.17) is 4.74 Å². The topological polar surface area (TPSA) is 80.8 Å². The SMILES string of the molecule is CCCCN(c1ccccc1)S(=O)(=O)c1cccc(C(=O)OCC(C)=O)c1. The number of anilines is 1. The van der Waals surface area contributed by atoms with Crippen molar-refractivity contribution in [2.45, 2.75) is 31.6 Å². The molecule has 0 aliphatic heterocycles. The standard InChI is InChI=1S/C20H23NO5S/c1-3-4-13-21(18-10-6-5-7-11-18)27(24,25)19-12-8-9-17(14-19)20(23)26-15-16(2)22/h5-12,14H,3-4,13,15H2,1-2H3. The van der Waals surface area contributed by atoms with Crippen molar-refractivity contribution in [3.8, 4) is 0 Å². The third kappa shape index (κ3) is 5.40. The van der Waals surface area contributed by atoms with Crippen LogP contribution in [0.3, 0.4) is 0 Å². The van der Waals surface area contributed by atoms with Gasteiger partial charge >= 0.3 is 5.97 Å². The van der Waals surface area contributed by atoms with Gasteiger partial charge in [0.15, 0.2) is 5.78 Å². The van der Waals surface area contributed by atoms with Gasteiger partial charge in [-0.3, -0.25) is 9.10 Å². The molecule has 0 aliphatic rings. The van der Waals surface area contributed by atoms with Crippen LogP contribution < -0.4 is 4.31 Å². The fourth-order valence-corrected chi connectivity index (χ4v) is 3.99. The van der Waals surface area contributed by atoms with Crippen LogP contribution in [0.5, 0.6) is 0 Å². The van der Waals surface area contributed by atoms with Crippen molar-refractivity contribution < 1.29 is 22.7 Å². The van der Waals surface area contributed by atoms with Gasteiger partial charge < -0.3 is 4.74 Å². The molecule has 0 amide bonds. The molecule has 0 N–H and O–H groups in total. The number of benzene rings is 2. The molecule has 0 unspecified atom stereocenters. The van der Waals surface area contributed by atoms with E-state index in [0.717, 1.165) is 6.42 Å². The van der Waals surface area contributed by atoms with Crippen LogP contribution >= 0.6 is 0 Å². The van der Waals surface area contributed by atoms with Crippen molar-refractivity contribution in [1.29, 1.82) is 0 Å². The summed E-state index contributed by atoms with van der Waals surface area (Å²) in [5, 5.41) is 0. The Morgan fingerprint density at radius 3 is 2.37 bits per heavy atom. The first kappa shape index (κ1) is 20.6. The molecule has 0 atom stereocenters. The third-order valence-corrected chi connectivity index (χ3v) is 5.65. The second kappa shape index (κ2) is 9.32. The Morgan fingerprint density at radius 2 is 1.74 bits per heavy atom. The number of ketones is 1. The maximum Gasteiger partial charge on any atom is 0.338 e. The van der Waals surface area contributed by atoms with E-state index in [2.05, 4.69) is 0 Å². The lowest BCUT2D eigenvalue weighted by molar-refractivity contribution is -0.120. The van der Waals surface area contributed by atoms with Gasteiger partial charge in [-0.2, -0.15) is 0 Å². The Kier molecular flexibility index (Phi) is 7.12. The molecule has 27 heavy (non-hydrogen) atoms. The Hall–Kier alpha value is -2.67. The second-order valence-corrected chi connectivity index (χ2v) is 7.93. The van der Waals surface area contributed by atoms with Crippen molar-refractivity contribution in [2.75, 3.05) is 17.5 Å². The van der Waals surface area contributed by atoms with Crippen LogP contribution in [-0.2, 0) is 19.6 Å². The molecule has 0 heterocycles. The zero-order valence-corrected chi connectivity index (χ0v) is 16.2. The highest BCUT2D eigenvalue weighted by Gasteiger charge is 2.25. The number of ether oxygens (including phenoxy) is 1. The lowest BCUT2D eigenvalue weighted by atomic mass is 10.2. The van der Waals surface area contributed by atoms with Crippen molar-refractivity contribution >= 4 is 27.5 Å². The number of carbonyl (C=O) groups is 2. The van der Waals surface area contributed by atoms with E-state index in [-0.39, 0.29) is 22.8 Å². The summed E-state index contributed by atoms with van der Waals surface area (Å²) in [7, 11) is -3.86. The second-order valence-electron chi connectivity index (χ2n) is 6.07. The van der Waals surface area contributed by atoms with Gasteiger partial charge in [-0.1, -0.05) is 37.6 Å². The summed E-state index contributed by atoms with van der Waals surface area (Å²) in [6.45, 7) is 3.28. The Bertz CT molecular complexity index is 894. The van der Waals surface area contributed by atoms with Gasteiger partial charge in [0.2, 0.25) is 0 Å². The molecule has 0 saturated heterocycles. The fourth-order valence-electron chi connectivity index (χ4n) is 2.45. The van der Waals surface area contributed by atoms with E-state index in [1.54, 1.807) is 24.3 Å². The van der Waals surface area contributed by atoms with E-state index < -0.39 is 16.0 Å². The number of Topliss-reactive ketones (excluding diaryl/α,β-unsaturated/α-hetero) is 1. The van der Waals surface area contributed by atoms with E-state index >= 15 is 0 Å². The van der Waals surface area contributed by atoms with Crippen LogP contribution in [0.15, 0.2) is 59.5 Å². The summed E-state index contributed by atoms with van der Waals surface area (Å²) in [5.74, 6) is -1.02. The van der Waals surface area contributed by atoms with E-state index in [0.29, 0.717) is 18.7 Å². The van der Waals surface area contributed by atoms with Crippen molar-refractivity contribution in [3.05, 3.63) is 60.2 Å². The molecule has 0 fully saturated rings. The molecule has 2 aromatic carbocycles. The highest BCUT2D eigenvalue weighted by molar-refractivity contribution is 7.92. The Balaban J connectivity index is 2.36. The molecule has 6 nitrogen and oxygen atoms in total. The molecular weight excluding hydrogens is 366 g/mol. The number of carbonyl (C=O) groups excluding carboxylic acids is 2. The number of para-hydroxylation sites is 1. The van der Waals surface area contributed by atoms with Crippen LogP contribution in [-0.4, -0.2) is 33.3 Å². The molecule has 0 radical (unpaired) electrons. The van der Waals surface area contributed by atoms with Gasteiger partial charge in [-0.05, 0) is 43.7 Å². The van der Waals surface area contributed by atoms with Crippen molar-refractivity contribution in [1.82, 2.24) is 0 Å². The summed E-state index contributed by atoms with van der Waals surface area (Å²) < 4.78 is 32.6. The van der Waals surface area contributed by atoms with Gasteiger partial charge in [-0.15, -0.1) is 0 Å². The molecule has 0 bridgehead atoms. The number of hydrogen-bond acceptors (Lipinski definition) is 5. The number of sulfonamides is 1. The average molecular weight is 389 g/mol. The highest BCUT2D eigenvalue weighted by atomic mass is 32.2. The molecule has 0 aliphatic carbocycles. The number of nitrogens with zero attached hydrogens (tertiary/aromatic N) is 1. The minimum atomic E-state index is -3.86. The number of hydrogen-bond donors (Lipinski definition) is 0. The highest BCUT2D eigenvalue weighted by Crippen LogP contribution is 2.25. The van der Waals surface area contributed by atoms with Gasteiger partial charge in [0.25, 0.3) is 10.0 Å². The first-order valence-electron chi connectivity index (χ1n) is 8.70. The normalized spacial score (nSPS) is 11.0. The van der Waals surface area contributed by atoms with E-state index in [1.165, 1.54) is 35.5 Å². The van der Waals surface area contributed by atoms with Gasteiger partial charge in [0.05, 0.1) is 16.1 Å². The number of esters is 1. The summed E-state index contributed by atoms with van der Waals surface area (Å²) in [6, 6.07) is 14.5. The zero-order valence-electron chi connectivity index (χ0n) is 15.4. The number of rotatable bonds is 9. The molecule has 2 rings (SSSR count). The van der Waals surface area contributed by atoms with E-state index in [1.807, 2.05) is 13.0 Å². The van der Waals surface area contributed by atoms with Gasteiger partial charge in [0, 0.05) is 6.54 Å². The number of unbranched alkanes of at least 4 members (excludes halogenated alkanes) is 1. The fraction of sp³-hybridized carbons (Fsp3) is 0.300. The van der Waals surface area contributed by atoms with Crippen molar-refractivity contribution in [2.24, 2.45) is 0 Å². The Morgan fingerprint density at radius 1 is 1.04 bits per heavy atom. The van der Waals surface area contributed by atoms with Crippen LogP contribution in [0.1, 0.15) is 37.0 Å². The van der Waals surface area contributed by atoms with Crippen LogP contribution in [0, 0.1) is 0 Å². The summed E-state index contributed by atoms with van der Waals surface area (Å²) in [5.41, 5.74) is 0.649. The third-order valence-electron chi connectivity index (χ3n) is 3.82. The van der Waals surface area contributed by atoms with Crippen molar-refractivity contribution in [3.63, 3.8) is 0 Å². The molecule has 2 aromatic rings. The van der Waals surface area contributed by atoms with E-state index in [9.17, 15) is 18.0 Å². The summed E-state index contributed by atoms with van der Waals surface area (Å²) >= 11 is 0. The maximum atomic E-state index is 13.2. The summed E-state index contributed by atoms with van der Waals surface area (Å²) in [4.78, 5) is 23.0. The van der Waals surface area contributed by atoms with Crippen LogP contribution in [0.2, 0.25) is 0 Å². The van der Waals surface area contributed by atoms with Crippen LogP contribution in [0.4, 0.5) is 5.69 Å². The minimum Gasteiger partial charge on any atom is -0.454 e. The predicted octanol–water partition coefficient (Wildman–Crippen LogP) is 3.43. The van der Waals surface area contributed by atoms with Crippen LogP contribution in [0.25, 0.3) is 0 Å². The zero-order chi connectivity index (χ0) is 19.9. The lowest BCUT2D eigenvalue weighted by Gasteiger charge is -2.24. The van der Waals surface area contributed by atoms with Gasteiger partial charge in [-0.25, -0.2) is 13.2 Å². The first-order valence-corrected chi connectivity index (χ1v) is 10.1. The van der Waals surface area contributed by atoms with Gasteiger partial charge in [0.1, 0.15) is 6.61 Å². The largest absolute Gasteiger partial charge is 0.454 e.